The van der Waals surface area contributed by atoms with Crippen LogP contribution < -0.4 is 10.5 Å². The Morgan fingerprint density at radius 1 is 1.15 bits per heavy atom. The van der Waals surface area contributed by atoms with E-state index in [2.05, 4.69) is 22.9 Å². The summed E-state index contributed by atoms with van der Waals surface area (Å²) in [7, 11) is 1.64. The standard InChI is InChI=1S/C16H21N3O/c1-3-19(11-13-6-4-7-14(17)10-13)12-15-8-5-9-16(18-15)20-2/h4-10H,3,11-12,17H2,1-2H3. The molecule has 0 fully saturated rings. The van der Waals surface area contributed by atoms with Crippen molar-refractivity contribution in [2.75, 3.05) is 19.4 Å². The first-order valence-electron chi connectivity index (χ1n) is 6.78. The van der Waals surface area contributed by atoms with Gasteiger partial charge < -0.3 is 10.5 Å². The van der Waals surface area contributed by atoms with E-state index in [0.29, 0.717) is 5.88 Å². The molecule has 20 heavy (non-hydrogen) atoms. The van der Waals surface area contributed by atoms with Crippen molar-refractivity contribution in [2.24, 2.45) is 0 Å². The van der Waals surface area contributed by atoms with Crippen molar-refractivity contribution in [2.45, 2.75) is 20.0 Å². The Kier molecular flexibility index (Phi) is 4.96. The summed E-state index contributed by atoms with van der Waals surface area (Å²) in [5.74, 6) is 0.655. The molecule has 1 aromatic heterocycles. The van der Waals surface area contributed by atoms with Crippen molar-refractivity contribution in [3.05, 3.63) is 53.7 Å². The summed E-state index contributed by atoms with van der Waals surface area (Å²) >= 11 is 0. The summed E-state index contributed by atoms with van der Waals surface area (Å²) in [6.45, 7) is 4.75. The lowest BCUT2D eigenvalue weighted by Gasteiger charge is -2.20. The van der Waals surface area contributed by atoms with E-state index < -0.39 is 0 Å². The van der Waals surface area contributed by atoms with Crippen molar-refractivity contribution in [3.63, 3.8) is 0 Å². The number of pyridine rings is 1. The van der Waals surface area contributed by atoms with Crippen LogP contribution in [-0.2, 0) is 13.1 Å². The molecule has 2 N–H and O–H groups in total. The van der Waals surface area contributed by atoms with Crippen LogP contribution in [0.1, 0.15) is 18.2 Å². The molecule has 0 unspecified atom stereocenters. The minimum Gasteiger partial charge on any atom is -0.481 e. The maximum atomic E-state index is 5.82. The lowest BCUT2D eigenvalue weighted by molar-refractivity contribution is 0.266. The Balaban J connectivity index is 2.05. The lowest BCUT2D eigenvalue weighted by atomic mass is 10.2. The zero-order valence-corrected chi connectivity index (χ0v) is 12.0. The highest BCUT2D eigenvalue weighted by Crippen LogP contribution is 2.13. The molecule has 0 aliphatic heterocycles. The minimum atomic E-state index is 0.655. The van der Waals surface area contributed by atoms with Gasteiger partial charge in [-0.3, -0.25) is 4.90 Å². The molecule has 106 valence electrons. The third-order valence-corrected chi connectivity index (χ3v) is 3.18. The number of hydrogen-bond donors (Lipinski definition) is 1. The molecule has 0 spiro atoms. The molecule has 0 atom stereocenters. The highest BCUT2D eigenvalue weighted by Gasteiger charge is 2.07. The minimum absolute atomic E-state index is 0.655. The maximum absolute atomic E-state index is 5.82. The Labute approximate surface area is 120 Å². The average molecular weight is 271 g/mol. The van der Waals surface area contributed by atoms with Crippen LogP contribution in [0.25, 0.3) is 0 Å². The van der Waals surface area contributed by atoms with Crippen molar-refractivity contribution in [1.29, 1.82) is 0 Å². The SMILES string of the molecule is CCN(Cc1cccc(N)c1)Cc1cccc(OC)n1. The Morgan fingerprint density at radius 2 is 1.95 bits per heavy atom. The number of ether oxygens (including phenoxy) is 1. The molecule has 2 aromatic rings. The van der Waals surface area contributed by atoms with Gasteiger partial charge in [0.05, 0.1) is 12.8 Å². The fourth-order valence-electron chi connectivity index (χ4n) is 2.12. The Morgan fingerprint density at radius 3 is 2.65 bits per heavy atom. The molecule has 0 aliphatic rings. The molecule has 0 amide bonds. The van der Waals surface area contributed by atoms with Crippen LogP contribution in [0.2, 0.25) is 0 Å². The van der Waals surface area contributed by atoms with E-state index in [-0.39, 0.29) is 0 Å². The van der Waals surface area contributed by atoms with E-state index in [1.54, 1.807) is 7.11 Å². The number of benzene rings is 1. The van der Waals surface area contributed by atoms with Crippen LogP contribution >= 0.6 is 0 Å². The Hall–Kier alpha value is -2.07. The van der Waals surface area contributed by atoms with Gasteiger partial charge in [0, 0.05) is 24.8 Å². The molecule has 1 heterocycles. The van der Waals surface area contributed by atoms with Crippen molar-refractivity contribution < 1.29 is 4.74 Å². The van der Waals surface area contributed by atoms with E-state index in [4.69, 9.17) is 10.5 Å². The summed E-state index contributed by atoms with van der Waals surface area (Å²) in [6, 6.07) is 13.9. The van der Waals surface area contributed by atoms with Crippen molar-refractivity contribution in [1.82, 2.24) is 9.88 Å². The number of methoxy groups -OCH3 is 1. The van der Waals surface area contributed by atoms with Gasteiger partial charge in [-0.05, 0) is 30.3 Å². The van der Waals surface area contributed by atoms with Crippen LogP contribution in [-0.4, -0.2) is 23.5 Å². The van der Waals surface area contributed by atoms with Gasteiger partial charge in [0.25, 0.3) is 0 Å². The number of aromatic nitrogens is 1. The van der Waals surface area contributed by atoms with E-state index in [1.165, 1.54) is 5.56 Å². The second kappa shape index (κ2) is 6.91. The summed E-state index contributed by atoms with van der Waals surface area (Å²) in [6.07, 6.45) is 0. The third-order valence-electron chi connectivity index (χ3n) is 3.18. The predicted molar refractivity (Wildman–Crippen MR) is 81.4 cm³/mol. The van der Waals surface area contributed by atoms with Crippen molar-refractivity contribution >= 4 is 5.69 Å². The molecule has 4 nitrogen and oxygen atoms in total. The largest absolute Gasteiger partial charge is 0.481 e. The van der Waals surface area contributed by atoms with Crippen molar-refractivity contribution in [3.8, 4) is 5.88 Å². The molecule has 2 rings (SSSR count). The second-order valence-electron chi connectivity index (χ2n) is 4.72. The summed E-state index contributed by atoms with van der Waals surface area (Å²) in [5.41, 5.74) is 8.85. The van der Waals surface area contributed by atoms with E-state index in [0.717, 1.165) is 31.0 Å². The van der Waals surface area contributed by atoms with Gasteiger partial charge >= 0.3 is 0 Å². The fourth-order valence-corrected chi connectivity index (χ4v) is 2.12. The number of rotatable bonds is 6. The smallest absolute Gasteiger partial charge is 0.213 e. The maximum Gasteiger partial charge on any atom is 0.213 e. The highest BCUT2D eigenvalue weighted by molar-refractivity contribution is 5.40. The first kappa shape index (κ1) is 14.3. The van der Waals surface area contributed by atoms with Gasteiger partial charge in [0.1, 0.15) is 0 Å². The summed E-state index contributed by atoms with van der Waals surface area (Å²) < 4.78 is 5.16. The molecule has 0 aliphatic carbocycles. The summed E-state index contributed by atoms with van der Waals surface area (Å²) in [5, 5.41) is 0. The fraction of sp³-hybridized carbons (Fsp3) is 0.312. The quantitative estimate of drug-likeness (QED) is 0.821. The van der Waals surface area contributed by atoms with Crippen LogP contribution in [0.5, 0.6) is 5.88 Å². The first-order valence-corrected chi connectivity index (χ1v) is 6.78. The lowest BCUT2D eigenvalue weighted by Crippen LogP contribution is -2.23. The second-order valence-corrected chi connectivity index (χ2v) is 4.72. The number of nitrogen functional groups attached to an aromatic ring is 1. The Bertz CT molecular complexity index is 557. The van der Waals surface area contributed by atoms with E-state index >= 15 is 0 Å². The van der Waals surface area contributed by atoms with Gasteiger partial charge in [0.2, 0.25) is 5.88 Å². The number of nitrogens with two attached hydrogens (primary N) is 1. The molecular weight excluding hydrogens is 250 g/mol. The monoisotopic (exact) mass is 271 g/mol. The van der Waals surface area contributed by atoms with E-state index in [9.17, 15) is 0 Å². The number of hydrogen-bond acceptors (Lipinski definition) is 4. The first-order chi connectivity index (χ1) is 9.71. The molecule has 0 radical (unpaired) electrons. The average Bonchev–Trinajstić information content (AvgIpc) is 2.47. The molecular formula is C16H21N3O. The van der Waals surface area contributed by atoms with Gasteiger partial charge in [0.15, 0.2) is 0 Å². The summed E-state index contributed by atoms with van der Waals surface area (Å²) in [4.78, 5) is 6.77. The molecule has 0 bridgehead atoms. The topological polar surface area (TPSA) is 51.4 Å². The van der Waals surface area contributed by atoms with Gasteiger partial charge in [-0.1, -0.05) is 25.1 Å². The number of nitrogens with zero attached hydrogens (tertiary/aromatic N) is 2. The zero-order chi connectivity index (χ0) is 14.4. The molecule has 4 heteroatoms. The van der Waals surface area contributed by atoms with E-state index in [1.807, 2.05) is 36.4 Å². The number of anilines is 1. The molecule has 0 saturated heterocycles. The normalized spacial score (nSPS) is 10.8. The highest BCUT2D eigenvalue weighted by atomic mass is 16.5. The zero-order valence-electron chi connectivity index (χ0n) is 12.0. The van der Waals surface area contributed by atoms with Gasteiger partial charge in [-0.15, -0.1) is 0 Å². The molecule has 1 aromatic carbocycles. The van der Waals surface area contributed by atoms with Crippen LogP contribution in [0.15, 0.2) is 42.5 Å². The van der Waals surface area contributed by atoms with Gasteiger partial charge in [-0.25, -0.2) is 4.98 Å². The third kappa shape index (κ3) is 3.96. The van der Waals surface area contributed by atoms with Gasteiger partial charge in [-0.2, -0.15) is 0 Å². The molecule has 0 saturated carbocycles. The van der Waals surface area contributed by atoms with Crippen LogP contribution in [0.4, 0.5) is 5.69 Å². The van der Waals surface area contributed by atoms with Crippen LogP contribution in [0.3, 0.4) is 0 Å². The van der Waals surface area contributed by atoms with Crippen LogP contribution in [0, 0.1) is 0 Å². The predicted octanol–water partition coefficient (Wildman–Crippen LogP) is 2.69.